The topological polar surface area (TPSA) is 136 Å². The van der Waals surface area contributed by atoms with Crippen LogP contribution < -0.4 is 10.6 Å². The first-order valence-corrected chi connectivity index (χ1v) is 5.65. The molecular weight excluding hydrogens is 258 g/mol. The third kappa shape index (κ3) is 3.41. The Morgan fingerprint density at radius 2 is 2.16 bits per heavy atom. The number of carboxylic acids is 1. The van der Waals surface area contributed by atoms with Crippen LogP contribution in [-0.4, -0.2) is 64.2 Å². The molecule has 1 rings (SSSR count). The maximum Gasteiger partial charge on any atom is 0.328 e. The van der Waals surface area contributed by atoms with Gasteiger partial charge in [0, 0.05) is 0 Å². The molecule has 0 saturated carbocycles. The van der Waals surface area contributed by atoms with Gasteiger partial charge in [-0.1, -0.05) is 6.92 Å². The monoisotopic (exact) mass is 273 g/mol. The molecule has 2 atom stereocenters. The van der Waals surface area contributed by atoms with Crippen LogP contribution in [0.1, 0.15) is 13.3 Å². The smallest absolute Gasteiger partial charge is 0.328 e. The Morgan fingerprint density at radius 3 is 2.63 bits per heavy atom. The molecule has 106 valence electrons. The van der Waals surface area contributed by atoms with Crippen LogP contribution in [0.5, 0.6) is 0 Å². The number of rotatable bonds is 4. The Bertz CT molecular complexity index is 410. The van der Waals surface area contributed by atoms with E-state index in [1.165, 1.54) is 0 Å². The first-order chi connectivity index (χ1) is 8.90. The lowest BCUT2D eigenvalue weighted by molar-refractivity contribution is -0.140. The number of nitrogens with zero attached hydrogens (tertiary/aromatic N) is 1. The van der Waals surface area contributed by atoms with E-state index >= 15 is 0 Å². The lowest BCUT2D eigenvalue weighted by atomic mass is 10.1. The highest BCUT2D eigenvalue weighted by atomic mass is 16.4. The normalized spacial score (nSPS) is 20.7. The van der Waals surface area contributed by atoms with Crippen LogP contribution in [0.4, 0.5) is 4.79 Å². The van der Waals surface area contributed by atoms with Gasteiger partial charge in [-0.3, -0.25) is 14.9 Å². The third-order valence-corrected chi connectivity index (χ3v) is 2.68. The van der Waals surface area contributed by atoms with Crippen LogP contribution in [0, 0.1) is 0 Å². The van der Waals surface area contributed by atoms with Crippen molar-refractivity contribution in [1.29, 1.82) is 0 Å². The second-order valence-corrected chi connectivity index (χ2v) is 3.99. The van der Waals surface area contributed by atoms with Crippen molar-refractivity contribution in [1.82, 2.24) is 15.5 Å². The number of imide groups is 1. The van der Waals surface area contributed by atoms with Crippen molar-refractivity contribution in [2.45, 2.75) is 25.4 Å². The Morgan fingerprint density at radius 1 is 1.53 bits per heavy atom. The van der Waals surface area contributed by atoms with Crippen LogP contribution in [0.25, 0.3) is 0 Å². The molecule has 1 saturated heterocycles. The number of aliphatic hydroxyl groups excluding tert-OH is 1. The quantitative estimate of drug-likeness (QED) is 0.432. The number of hydrogen-bond acceptors (Lipinski definition) is 5. The second-order valence-electron chi connectivity index (χ2n) is 3.99. The molecule has 0 aromatic carbocycles. The van der Waals surface area contributed by atoms with E-state index in [4.69, 9.17) is 10.2 Å². The predicted octanol–water partition coefficient (Wildman–Crippen LogP) is -2.12. The number of urea groups is 1. The van der Waals surface area contributed by atoms with Gasteiger partial charge < -0.3 is 20.4 Å². The summed E-state index contributed by atoms with van der Waals surface area (Å²) < 4.78 is 0. The Labute approximate surface area is 108 Å². The number of hydrogen-bond donors (Lipinski definition) is 4. The van der Waals surface area contributed by atoms with Crippen LogP contribution in [0.2, 0.25) is 0 Å². The molecule has 4 amide bonds. The highest BCUT2D eigenvalue weighted by molar-refractivity contribution is 6.04. The molecule has 1 aliphatic heterocycles. The fourth-order valence-corrected chi connectivity index (χ4v) is 1.70. The Kier molecular flexibility index (Phi) is 4.81. The van der Waals surface area contributed by atoms with Gasteiger partial charge in [-0.2, -0.15) is 0 Å². The standard InChI is InChI=1S/C10H15N3O6/c1-2-6-8(16)12-7(15)3-13(6)10(19)11-5(4-14)9(17)18/h5-6,14H,2-4H2,1H3,(H,11,19)(H,17,18)(H,12,15,16)/t5-,6?/m0/s1. The minimum atomic E-state index is -1.48. The predicted molar refractivity (Wildman–Crippen MR) is 61.0 cm³/mol. The Hall–Kier alpha value is -2.16. The summed E-state index contributed by atoms with van der Waals surface area (Å²) in [5.74, 6) is -2.65. The van der Waals surface area contributed by atoms with Gasteiger partial charge in [0.05, 0.1) is 6.61 Å². The SMILES string of the molecule is CCC1C(=O)NC(=O)CN1C(=O)N[C@@H](CO)C(=O)O. The number of piperazine rings is 1. The molecule has 0 radical (unpaired) electrons. The zero-order chi connectivity index (χ0) is 14.6. The largest absolute Gasteiger partial charge is 0.480 e. The van der Waals surface area contributed by atoms with Gasteiger partial charge in [0.15, 0.2) is 6.04 Å². The van der Waals surface area contributed by atoms with E-state index in [0.29, 0.717) is 0 Å². The summed E-state index contributed by atoms with van der Waals surface area (Å²) in [4.78, 5) is 46.2. The summed E-state index contributed by atoms with van der Waals surface area (Å²) in [5, 5.41) is 21.7. The number of carbonyl (C=O) groups is 4. The Balaban J connectivity index is 2.80. The van der Waals surface area contributed by atoms with Crippen LogP contribution in [-0.2, 0) is 14.4 Å². The van der Waals surface area contributed by atoms with Crippen LogP contribution >= 0.6 is 0 Å². The first kappa shape index (κ1) is 14.9. The van der Waals surface area contributed by atoms with E-state index in [1.54, 1.807) is 6.92 Å². The van der Waals surface area contributed by atoms with Gasteiger partial charge in [0.2, 0.25) is 11.8 Å². The van der Waals surface area contributed by atoms with Gasteiger partial charge >= 0.3 is 12.0 Å². The first-order valence-electron chi connectivity index (χ1n) is 5.65. The van der Waals surface area contributed by atoms with E-state index in [0.717, 1.165) is 4.90 Å². The van der Waals surface area contributed by atoms with E-state index in [-0.39, 0.29) is 13.0 Å². The number of carbonyl (C=O) groups excluding carboxylic acids is 3. The number of aliphatic carboxylic acids is 1. The summed E-state index contributed by atoms with van der Waals surface area (Å²) in [6.45, 7) is 0.529. The highest BCUT2D eigenvalue weighted by Gasteiger charge is 2.36. The van der Waals surface area contributed by atoms with E-state index in [2.05, 4.69) is 5.32 Å². The number of amides is 4. The molecule has 0 spiro atoms. The summed E-state index contributed by atoms with van der Waals surface area (Å²) in [5.41, 5.74) is 0. The summed E-state index contributed by atoms with van der Waals surface area (Å²) in [6, 6.07) is -3.20. The zero-order valence-corrected chi connectivity index (χ0v) is 10.3. The van der Waals surface area contributed by atoms with Gasteiger partial charge in [-0.15, -0.1) is 0 Å². The zero-order valence-electron chi connectivity index (χ0n) is 10.3. The number of nitrogens with one attached hydrogen (secondary N) is 2. The van der Waals surface area contributed by atoms with Crippen molar-refractivity contribution in [3.63, 3.8) is 0 Å². The van der Waals surface area contributed by atoms with Gasteiger partial charge in [-0.05, 0) is 6.42 Å². The van der Waals surface area contributed by atoms with Crippen molar-refractivity contribution >= 4 is 23.8 Å². The lowest BCUT2D eigenvalue weighted by Crippen LogP contribution is -2.63. The fourth-order valence-electron chi connectivity index (χ4n) is 1.70. The molecule has 19 heavy (non-hydrogen) atoms. The van der Waals surface area contributed by atoms with Crippen LogP contribution in [0.3, 0.4) is 0 Å². The molecule has 9 heteroatoms. The molecule has 0 aromatic heterocycles. The summed E-state index contributed by atoms with van der Waals surface area (Å²) >= 11 is 0. The van der Waals surface area contributed by atoms with Gasteiger partial charge in [0.1, 0.15) is 12.6 Å². The van der Waals surface area contributed by atoms with E-state index < -0.39 is 42.5 Å². The molecule has 4 N–H and O–H groups in total. The molecule has 9 nitrogen and oxygen atoms in total. The lowest BCUT2D eigenvalue weighted by Gasteiger charge is -2.33. The van der Waals surface area contributed by atoms with E-state index in [1.807, 2.05) is 5.32 Å². The van der Waals surface area contributed by atoms with Crippen molar-refractivity contribution in [2.75, 3.05) is 13.2 Å². The van der Waals surface area contributed by atoms with Crippen LogP contribution in [0.15, 0.2) is 0 Å². The number of carboxylic acid groups (broad SMARTS) is 1. The van der Waals surface area contributed by atoms with E-state index in [9.17, 15) is 19.2 Å². The third-order valence-electron chi connectivity index (χ3n) is 2.68. The second kappa shape index (κ2) is 6.14. The van der Waals surface area contributed by atoms with Gasteiger partial charge in [0.25, 0.3) is 0 Å². The summed E-state index contributed by atoms with van der Waals surface area (Å²) in [6.07, 6.45) is 0.281. The fraction of sp³-hybridized carbons (Fsp3) is 0.600. The minimum absolute atomic E-state index is 0.281. The molecule has 1 unspecified atom stereocenters. The van der Waals surface area contributed by atoms with Crippen molar-refractivity contribution in [2.24, 2.45) is 0 Å². The molecule has 1 fully saturated rings. The average Bonchev–Trinajstić information content (AvgIpc) is 2.34. The maximum atomic E-state index is 11.8. The van der Waals surface area contributed by atoms with Gasteiger partial charge in [-0.25, -0.2) is 9.59 Å². The molecule has 1 heterocycles. The average molecular weight is 273 g/mol. The maximum absolute atomic E-state index is 11.8. The van der Waals surface area contributed by atoms with Crippen molar-refractivity contribution in [3.05, 3.63) is 0 Å². The summed E-state index contributed by atoms with van der Waals surface area (Å²) in [7, 11) is 0. The minimum Gasteiger partial charge on any atom is -0.480 e. The molecule has 0 bridgehead atoms. The highest BCUT2D eigenvalue weighted by Crippen LogP contribution is 2.09. The molecule has 0 aliphatic carbocycles. The molecule has 1 aliphatic rings. The molecule has 0 aromatic rings. The van der Waals surface area contributed by atoms with Crippen molar-refractivity contribution in [3.8, 4) is 0 Å². The number of aliphatic hydroxyl groups is 1. The van der Waals surface area contributed by atoms with Crippen molar-refractivity contribution < 1.29 is 29.4 Å². The molecular formula is C10H15N3O6.